The number of aryl methyl sites for hydroxylation is 3. The molecule has 0 unspecified atom stereocenters. The Morgan fingerprint density at radius 3 is 1.86 bits per heavy atom. The molecule has 0 radical (unpaired) electrons. The molecule has 1 aromatic heterocycles. The van der Waals surface area contributed by atoms with E-state index in [1.807, 2.05) is 19.1 Å². The molecule has 0 aliphatic heterocycles. The van der Waals surface area contributed by atoms with Crippen molar-refractivity contribution in [3.05, 3.63) is 124 Å². The standard InChI is InChI=1S/C32H29NO8S3/c1-22-8-13-27(14-9-22)43(37,38)33(44(39,40)28-15-10-24(11-16-28)18-19-42(3,35)36)26-12-17-31-25(20-26)21-30(32(34)41-31)29-7-5-4-6-23(29)2/h4-17,20-21H,18-19H2,1-3H3. The zero-order chi connectivity index (χ0) is 31.9. The molecule has 0 fully saturated rings. The second kappa shape index (κ2) is 11.7. The van der Waals surface area contributed by atoms with E-state index >= 15 is 0 Å². The normalized spacial score (nSPS) is 12.3. The Balaban J connectivity index is 1.68. The van der Waals surface area contributed by atoms with Gasteiger partial charge in [-0.15, -0.1) is 0 Å². The number of hydrogen-bond acceptors (Lipinski definition) is 8. The second-order valence-corrected chi connectivity index (χ2v) is 16.6. The third-order valence-corrected chi connectivity index (χ3v) is 12.3. The summed E-state index contributed by atoms with van der Waals surface area (Å²) in [6.45, 7) is 3.61. The van der Waals surface area contributed by atoms with Crippen LogP contribution in [0.2, 0.25) is 0 Å². The van der Waals surface area contributed by atoms with Crippen molar-refractivity contribution in [2.24, 2.45) is 0 Å². The zero-order valence-corrected chi connectivity index (χ0v) is 26.5. The third-order valence-electron chi connectivity index (χ3n) is 7.10. The lowest BCUT2D eigenvalue weighted by atomic mass is 10.0. The van der Waals surface area contributed by atoms with Crippen molar-refractivity contribution in [1.29, 1.82) is 0 Å². The number of hydrogen-bond donors (Lipinski definition) is 0. The van der Waals surface area contributed by atoms with Gasteiger partial charge in [0.05, 0.1) is 26.8 Å². The fraction of sp³-hybridized carbons (Fsp3) is 0.156. The Labute approximate surface area is 256 Å². The van der Waals surface area contributed by atoms with Gasteiger partial charge in [-0.3, -0.25) is 0 Å². The Morgan fingerprint density at radius 2 is 1.27 bits per heavy atom. The summed E-state index contributed by atoms with van der Waals surface area (Å²) in [5, 5.41) is 0.316. The minimum atomic E-state index is -4.74. The molecule has 0 spiro atoms. The van der Waals surface area contributed by atoms with E-state index in [0.29, 0.717) is 20.2 Å². The van der Waals surface area contributed by atoms with Crippen molar-refractivity contribution in [3.63, 3.8) is 0 Å². The molecule has 12 heteroatoms. The molecule has 0 saturated heterocycles. The first-order valence-corrected chi connectivity index (χ1v) is 18.4. The predicted molar refractivity (Wildman–Crippen MR) is 171 cm³/mol. The van der Waals surface area contributed by atoms with E-state index in [1.165, 1.54) is 54.6 Å². The number of sulfonamides is 2. The van der Waals surface area contributed by atoms with Gasteiger partial charge >= 0.3 is 5.63 Å². The first-order chi connectivity index (χ1) is 20.7. The lowest BCUT2D eigenvalue weighted by molar-refractivity contribution is 0.563. The summed E-state index contributed by atoms with van der Waals surface area (Å²) in [7, 11) is -12.7. The van der Waals surface area contributed by atoms with Crippen molar-refractivity contribution in [2.75, 3.05) is 15.7 Å². The molecule has 1 heterocycles. The van der Waals surface area contributed by atoms with Gasteiger partial charge in [-0.1, -0.05) is 54.1 Å². The van der Waals surface area contributed by atoms with Gasteiger partial charge in [0, 0.05) is 11.6 Å². The van der Waals surface area contributed by atoms with Crippen LogP contribution in [-0.2, 0) is 36.3 Å². The molecule has 0 amide bonds. The van der Waals surface area contributed by atoms with Gasteiger partial charge in [0.2, 0.25) is 0 Å². The summed E-state index contributed by atoms with van der Waals surface area (Å²) in [6.07, 6.45) is 1.28. The number of sulfone groups is 1. The van der Waals surface area contributed by atoms with Crippen LogP contribution in [0.15, 0.2) is 116 Å². The van der Waals surface area contributed by atoms with Crippen molar-refractivity contribution in [1.82, 2.24) is 0 Å². The highest BCUT2D eigenvalue weighted by Gasteiger charge is 2.37. The van der Waals surface area contributed by atoms with Gasteiger partial charge in [0.15, 0.2) is 0 Å². The average molecular weight is 652 g/mol. The van der Waals surface area contributed by atoms with Crippen LogP contribution in [0, 0.1) is 13.8 Å². The zero-order valence-electron chi connectivity index (χ0n) is 24.1. The highest BCUT2D eigenvalue weighted by molar-refractivity contribution is 8.10. The topological polar surface area (TPSA) is 136 Å². The maximum atomic E-state index is 14.1. The van der Waals surface area contributed by atoms with Crippen LogP contribution in [0.5, 0.6) is 0 Å². The molecule has 0 saturated carbocycles. The van der Waals surface area contributed by atoms with Gasteiger partial charge < -0.3 is 4.42 Å². The number of nitrogens with zero attached hydrogens (tertiary/aromatic N) is 1. The van der Waals surface area contributed by atoms with Gasteiger partial charge in [0.1, 0.15) is 15.4 Å². The Hall–Kier alpha value is -4.26. The van der Waals surface area contributed by atoms with E-state index in [9.17, 15) is 30.0 Å². The molecule has 0 bridgehead atoms. The van der Waals surface area contributed by atoms with E-state index in [2.05, 4.69) is 0 Å². The lowest BCUT2D eigenvalue weighted by Crippen LogP contribution is -2.37. The molecule has 5 rings (SSSR count). The fourth-order valence-electron chi connectivity index (χ4n) is 4.73. The first kappa shape index (κ1) is 31.2. The monoisotopic (exact) mass is 651 g/mol. The van der Waals surface area contributed by atoms with Crippen molar-refractivity contribution in [2.45, 2.75) is 30.1 Å². The molecule has 0 N–H and O–H groups in total. The van der Waals surface area contributed by atoms with Crippen LogP contribution in [0.4, 0.5) is 5.69 Å². The molecule has 5 aromatic rings. The van der Waals surface area contributed by atoms with Crippen LogP contribution in [0.3, 0.4) is 0 Å². The summed E-state index contributed by atoms with van der Waals surface area (Å²) in [6, 6.07) is 23.9. The van der Waals surface area contributed by atoms with Crippen molar-refractivity contribution >= 4 is 46.5 Å². The Bertz CT molecular complexity index is 2260. The number of fused-ring (bicyclic) bond motifs is 1. The average Bonchev–Trinajstić information content (AvgIpc) is 2.96. The van der Waals surface area contributed by atoms with Crippen LogP contribution >= 0.6 is 0 Å². The van der Waals surface area contributed by atoms with Gasteiger partial charge in [-0.2, -0.15) is 3.71 Å². The molecule has 228 valence electrons. The smallest absolute Gasteiger partial charge is 0.344 e. The van der Waals surface area contributed by atoms with Gasteiger partial charge in [-0.05, 0) is 85.5 Å². The third kappa shape index (κ3) is 6.33. The molecular weight excluding hydrogens is 623 g/mol. The van der Waals surface area contributed by atoms with E-state index in [1.54, 1.807) is 37.3 Å². The largest absolute Gasteiger partial charge is 0.422 e. The minimum absolute atomic E-state index is 0.120. The Kier molecular flexibility index (Phi) is 8.27. The minimum Gasteiger partial charge on any atom is -0.422 e. The van der Waals surface area contributed by atoms with Crippen LogP contribution in [-0.4, -0.2) is 37.3 Å². The van der Waals surface area contributed by atoms with E-state index in [4.69, 9.17) is 4.42 Å². The maximum absolute atomic E-state index is 14.1. The molecule has 44 heavy (non-hydrogen) atoms. The Morgan fingerprint density at radius 1 is 0.682 bits per heavy atom. The molecule has 0 aliphatic rings. The molecule has 0 atom stereocenters. The SMILES string of the molecule is Cc1ccc(S(=O)(=O)N(c2ccc3oc(=O)c(-c4ccccc4C)cc3c2)S(=O)(=O)c2ccc(CCS(C)(=O)=O)cc2)cc1. The summed E-state index contributed by atoms with van der Waals surface area (Å²) in [5.74, 6) is -0.120. The maximum Gasteiger partial charge on any atom is 0.344 e. The van der Waals surface area contributed by atoms with Crippen LogP contribution in [0.1, 0.15) is 16.7 Å². The first-order valence-electron chi connectivity index (χ1n) is 13.4. The van der Waals surface area contributed by atoms with Crippen molar-refractivity contribution in [3.8, 4) is 11.1 Å². The fourth-order valence-corrected chi connectivity index (χ4v) is 9.01. The highest BCUT2D eigenvalue weighted by Crippen LogP contribution is 2.34. The van der Waals surface area contributed by atoms with E-state index in [-0.39, 0.29) is 38.8 Å². The summed E-state index contributed by atoms with van der Waals surface area (Å²) in [5.41, 5.74) is 2.42. The van der Waals surface area contributed by atoms with Gasteiger partial charge in [0.25, 0.3) is 20.0 Å². The second-order valence-electron chi connectivity index (χ2n) is 10.5. The van der Waals surface area contributed by atoms with E-state index in [0.717, 1.165) is 17.4 Å². The summed E-state index contributed by atoms with van der Waals surface area (Å²) in [4.78, 5) is 12.3. The van der Waals surface area contributed by atoms with Gasteiger partial charge in [-0.25, -0.2) is 30.0 Å². The molecular formula is C32H29NO8S3. The number of anilines is 1. The lowest BCUT2D eigenvalue weighted by Gasteiger charge is -2.24. The molecule has 4 aromatic carbocycles. The summed E-state index contributed by atoms with van der Waals surface area (Å²) >= 11 is 0. The summed E-state index contributed by atoms with van der Waals surface area (Å²) < 4.78 is 85.5. The highest BCUT2D eigenvalue weighted by atomic mass is 32.3. The van der Waals surface area contributed by atoms with Crippen LogP contribution in [0.25, 0.3) is 22.1 Å². The number of rotatable bonds is 9. The van der Waals surface area contributed by atoms with E-state index < -0.39 is 35.5 Å². The van der Waals surface area contributed by atoms with Crippen molar-refractivity contribution < 1.29 is 29.7 Å². The predicted octanol–water partition coefficient (Wildman–Crippen LogP) is 5.25. The van der Waals surface area contributed by atoms with Crippen LogP contribution < -0.4 is 9.34 Å². The quantitative estimate of drug-likeness (QED) is 0.197. The molecule has 0 aliphatic carbocycles. The number of benzene rings is 4. The molecule has 9 nitrogen and oxygen atoms in total.